The number of aromatic amines is 1. The molecule has 2 aliphatic heterocycles. The van der Waals surface area contributed by atoms with E-state index in [9.17, 15) is 24.3 Å². The van der Waals surface area contributed by atoms with Crippen molar-refractivity contribution >= 4 is 63.6 Å². The summed E-state index contributed by atoms with van der Waals surface area (Å²) < 4.78 is 24.3. The van der Waals surface area contributed by atoms with Crippen LogP contribution >= 0.6 is 0 Å². The van der Waals surface area contributed by atoms with Gasteiger partial charge in [0.15, 0.2) is 11.8 Å². The number of carbonyl (C=O) groups excluding carboxylic acids is 2. The summed E-state index contributed by atoms with van der Waals surface area (Å²) in [7, 11) is 0. The second kappa shape index (κ2) is 26.8. The van der Waals surface area contributed by atoms with Crippen LogP contribution in [0.15, 0.2) is 71.2 Å². The van der Waals surface area contributed by atoms with Crippen molar-refractivity contribution in [3.63, 3.8) is 0 Å². The number of pyridine rings is 2. The van der Waals surface area contributed by atoms with Gasteiger partial charge in [-0.25, -0.2) is 29.5 Å². The molecule has 2 atom stereocenters. The Hall–Kier alpha value is -7.51. The molecular formula is C49H65N15O9. The van der Waals surface area contributed by atoms with Crippen LogP contribution in [0.25, 0.3) is 16.7 Å². The first-order valence-electron chi connectivity index (χ1n) is 24.3. The van der Waals surface area contributed by atoms with Crippen LogP contribution in [0.5, 0.6) is 0 Å². The van der Waals surface area contributed by atoms with Crippen LogP contribution in [0.3, 0.4) is 0 Å². The monoisotopic (exact) mass is 1010 g/mol. The van der Waals surface area contributed by atoms with Crippen molar-refractivity contribution < 1.29 is 38.4 Å². The van der Waals surface area contributed by atoms with Crippen molar-refractivity contribution in [1.82, 2.24) is 50.3 Å². The van der Waals surface area contributed by atoms with Gasteiger partial charge in [0.05, 0.1) is 89.0 Å². The van der Waals surface area contributed by atoms with E-state index in [-0.39, 0.29) is 49.1 Å². The number of aliphatic imine (C=N–C) groups is 1. The predicted octanol–water partition coefficient (Wildman–Crippen LogP) is 1.95. The summed E-state index contributed by atoms with van der Waals surface area (Å²) in [6.45, 7) is 13.8. The molecule has 73 heavy (non-hydrogen) atoms. The topological polar surface area (TPSA) is 325 Å². The molecule has 0 spiro atoms. The van der Waals surface area contributed by atoms with Gasteiger partial charge in [-0.1, -0.05) is 12.6 Å². The lowest BCUT2D eigenvalue weighted by atomic mass is 9.99. The Morgan fingerprint density at radius 2 is 1.68 bits per heavy atom. The summed E-state index contributed by atoms with van der Waals surface area (Å²) in [5, 5.41) is 24.3. The highest BCUT2D eigenvalue weighted by Crippen LogP contribution is 2.24. The average Bonchev–Trinajstić information content (AvgIpc) is 3.69. The maximum atomic E-state index is 12.9. The molecule has 4 aromatic heterocycles. The largest absolute Gasteiger partial charge is 0.480 e. The first-order valence-corrected chi connectivity index (χ1v) is 24.3. The van der Waals surface area contributed by atoms with Gasteiger partial charge in [-0.3, -0.25) is 14.2 Å². The van der Waals surface area contributed by atoms with Gasteiger partial charge in [-0.2, -0.15) is 4.99 Å². The Labute approximate surface area is 421 Å². The van der Waals surface area contributed by atoms with E-state index >= 15 is 0 Å². The summed E-state index contributed by atoms with van der Waals surface area (Å²) in [5.74, 6) is -0.0674. The molecule has 1 saturated heterocycles. The Bertz CT molecular complexity index is 2750. The summed E-state index contributed by atoms with van der Waals surface area (Å²) >= 11 is 0. The molecule has 1 fully saturated rings. The number of nitrogens with two attached hydrogens (primary N) is 2. The van der Waals surface area contributed by atoms with Gasteiger partial charge in [-0.15, -0.1) is 0 Å². The number of hydrogen-bond donors (Lipinski definition) is 9. The van der Waals surface area contributed by atoms with Gasteiger partial charge in [0.1, 0.15) is 28.9 Å². The zero-order valence-corrected chi connectivity index (χ0v) is 41.0. The molecule has 0 bridgehead atoms. The van der Waals surface area contributed by atoms with Crippen molar-refractivity contribution in [3.05, 3.63) is 100 Å². The number of rotatable bonds is 29. The standard InChI is InChI=1S/C49H65N15O9/c1-31-24-39-43(44(50)57-31)61-49(69)64(39)29-33-5-11-40(55-25-33)52-13-16-63-15-3-4-34(28-63)30-73-23-22-72-21-20-71-19-18-70-17-14-53-41(65)12-10-38(47(67)68)60-46(66)35-6-8-36(9-7-35)54-26-37-27-56-45-42(59-37)32(2)58-48(51)62-45/h5-9,11,24-25,27,34,38,54H,2-4,10,12-23,26,28-30H2,1H3,(H2,50,57)(H,52,55)(H,53,65)(H,60,66)(H,61,69)(H,67,68)(H3,51,56,58,62)/t34?,38-/m0/s1. The minimum Gasteiger partial charge on any atom is -0.480 e. The number of nitrogens with zero attached hydrogens (tertiary/aromatic N) is 7. The molecule has 6 heterocycles. The van der Waals surface area contributed by atoms with E-state index in [2.05, 4.69) is 68.0 Å². The van der Waals surface area contributed by atoms with E-state index in [1.165, 1.54) is 0 Å². The quantitative estimate of drug-likeness (QED) is 0.0309. The first-order chi connectivity index (χ1) is 35.4. The number of aromatic nitrogens is 6. The van der Waals surface area contributed by atoms with Gasteiger partial charge in [0, 0.05) is 55.7 Å². The highest BCUT2D eigenvalue weighted by Gasteiger charge is 2.23. The highest BCUT2D eigenvalue weighted by atomic mass is 16.6. The first kappa shape index (κ1) is 53.3. The maximum Gasteiger partial charge on any atom is 0.326 e. The summed E-state index contributed by atoms with van der Waals surface area (Å²) in [5.41, 5.74) is 17.0. The average molecular weight is 1010 g/mol. The van der Waals surface area contributed by atoms with Crippen LogP contribution < -0.4 is 43.7 Å². The lowest BCUT2D eigenvalue weighted by molar-refractivity contribution is -0.139. The zero-order valence-electron chi connectivity index (χ0n) is 41.0. The number of nitrogens with one attached hydrogen (secondary N) is 6. The molecule has 1 aromatic carbocycles. The molecule has 0 saturated carbocycles. The Kier molecular flexibility index (Phi) is 19.6. The second-order valence-corrected chi connectivity index (χ2v) is 17.6. The van der Waals surface area contributed by atoms with E-state index < -0.39 is 17.9 Å². The van der Waals surface area contributed by atoms with Gasteiger partial charge < -0.3 is 72.0 Å². The predicted molar refractivity (Wildman–Crippen MR) is 274 cm³/mol. The number of piperidine rings is 1. The number of aryl methyl sites for hydroxylation is 1. The Balaban J connectivity index is 0.654. The number of carbonyl (C=O) groups is 3. The number of nitrogen functional groups attached to an aromatic ring is 1. The van der Waals surface area contributed by atoms with Crippen LogP contribution in [-0.4, -0.2) is 155 Å². The van der Waals surface area contributed by atoms with E-state index in [1.54, 1.807) is 41.2 Å². The maximum absolute atomic E-state index is 12.9. The number of benzene rings is 1. The number of ether oxygens (including phenoxy) is 4. The van der Waals surface area contributed by atoms with Crippen LogP contribution in [0.4, 0.5) is 23.1 Å². The van der Waals surface area contributed by atoms with Crippen LogP contribution in [0.2, 0.25) is 0 Å². The zero-order chi connectivity index (χ0) is 51.5. The van der Waals surface area contributed by atoms with E-state index in [0.29, 0.717) is 105 Å². The molecule has 2 amide bonds. The fourth-order valence-corrected chi connectivity index (χ4v) is 8.21. The third-order valence-corrected chi connectivity index (χ3v) is 11.9. The number of guanidine groups is 1. The van der Waals surface area contributed by atoms with Crippen molar-refractivity contribution in [2.45, 2.75) is 51.7 Å². The summed E-state index contributed by atoms with van der Waals surface area (Å²) in [4.78, 5) is 76.7. The number of carboxylic acids is 1. The molecule has 1 unspecified atom stereocenters. The molecule has 24 nitrogen and oxygen atoms in total. The molecule has 0 radical (unpaired) electrons. The number of aliphatic carboxylic acids is 1. The SMILES string of the molecule is C=C1NC(N)=Nc2ncc(CNc3ccc(C(=O)N[C@@H](CCC(=O)NCCOCCOCCOCCOCC4CCCN(CCNc5ccc(Cn6c(=O)[nH]c7c(N)nc(C)cc76)cn5)C4)C(=O)O)cc3)nc21. The number of carboxylic acid groups (broad SMARTS) is 1. The van der Waals surface area contributed by atoms with Gasteiger partial charge in [0.2, 0.25) is 5.91 Å². The summed E-state index contributed by atoms with van der Waals surface area (Å²) in [6.07, 6.45) is 5.41. The molecule has 2 aliphatic rings. The number of likely N-dealkylation sites (tertiary alicyclic amines) is 1. The molecule has 390 valence electrons. The van der Waals surface area contributed by atoms with Gasteiger partial charge in [0.25, 0.3) is 5.91 Å². The van der Waals surface area contributed by atoms with E-state index in [1.807, 2.05) is 25.1 Å². The normalized spacial score (nSPS) is 15.0. The lowest BCUT2D eigenvalue weighted by Gasteiger charge is -2.32. The van der Waals surface area contributed by atoms with Crippen molar-refractivity contribution in [2.24, 2.45) is 16.6 Å². The Morgan fingerprint density at radius 3 is 2.42 bits per heavy atom. The third kappa shape index (κ3) is 16.2. The minimum absolute atomic E-state index is 0.0930. The summed E-state index contributed by atoms with van der Waals surface area (Å²) in [6, 6.07) is 11.0. The number of fused-ring (bicyclic) bond motifs is 2. The molecular weight excluding hydrogens is 943 g/mol. The van der Waals surface area contributed by atoms with Crippen molar-refractivity contribution in [1.29, 1.82) is 0 Å². The Morgan fingerprint density at radius 1 is 0.932 bits per heavy atom. The molecule has 11 N–H and O–H groups in total. The van der Waals surface area contributed by atoms with Gasteiger partial charge in [-0.05, 0) is 80.6 Å². The smallest absolute Gasteiger partial charge is 0.326 e. The number of amides is 2. The van der Waals surface area contributed by atoms with Crippen LogP contribution in [-0.2, 0) is 41.6 Å². The fourth-order valence-electron chi connectivity index (χ4n) is 8.21. The minimum atomic E-state index is -1.26. The lowest BCUT2D eigenvalue weighted by Crippen LogP contribution is -2.41. The molecule has 24 heteroatoms. The number of imidazole rings is 1. The second-order valence-electron chi connectivity index (χ2n) is 17.6. The van der Waals surface area contributed by atoms with Crippen molar-refractivity contribution in [3.8, 4) is 0 Å². The number of hydrogen-bond acceptors (Lipinski definition) is 19. The number of H-pyrrole nitrogens is 1. The highest BCUT2D eigenvalue weighted by molar-refractivity contribution is 5.97. The third-order valence-electron chi connectivity index (χ3n) is 11.9. The van der Waals surface area contributed by atoms with Crippen LogP contribution in [0.1, 0.15) is 58.7 Å². The van der Waals surface area contributed by atoms with Crippen LogP contribution in [0, 0.1) is 12.8 Å². The van der Waals surface area contributed by atoms with E-state index in [4.69, 9.17) is 30.4 Å². The van der Waals surface area contributed by atoms with Crippen molar-refractivity contribution in [2.75, 3.05) is 102 Å². The number of anilines is 3. The van der Waals surface area contributed by atoms with E-state index in [0.717, 1.165) is 61.6 Å². The molecule has 7 rings (SSSR count). The van der Waals surface area contributed by atoms with Gasteiger partial charge >= 0.3 is 11.7 Å². The molecule has 0 aliphatic carbocycles. The fraction of sp³-hybridized carbons (Fsp3) is 0.449. The molecule has 5 aromatic rings.